The van der Waals surface area contributed by atoms with Gasteiger partial charge in [0.1, 0.15) is 6.10 Å². The molecule has 7 nitrogen and oxygen atoms in total. The Morgan fingerprint density at radius 3 is 2.68 bits per heavy atom. The van der Waals surface area contributed by atoms with Crippen molar-refractivity contribution < 1.29 is 33.6 Å². The third kappa shape index (κ3) is 5.51. The molecule has 2 fully saturated rings. The monoisotopic (exact) mass is 390 g/mol. The molecule has 0 amide bonds. The molecule has 152 valence electrons. The van der Waals surface area contributed by atoms with E-state index in [0.717, 1.165) is 0 Å². The van der Waals surface area contributed by atoms with Crippen molar-refractivity contribution in [1.29, 1.82) is 0 Å². The third-order valence-corrected chi connectivity index (χ3v) is 4.28. The van der Waals surface area contributed by atoms with Gasteiger partial charge in [0.2, 0.25) is 5.79 Å². The fourth-order valence-electron chi connectivity index (χ4n) is 3.06. The summed E-state index contributed by atoms with van der Waals surface area (Å²) in [6.07, 6.45) is -0.308. The smallest absolute Gasteiger partial charge is 0.306 e. The number of ether oxygens (including phenoxy) is 4. The average Bonchev–Trinajstić information content (AvgIpc) is 2.85. The average molecular weight is 390 g/mol. The van der Waals surface area contributed by atoms with Crippen LogP contribution in [0, 0.1) is 29.6 Å². The van der Waals surface area contributed by atoms with Crippen LogP contribution in [0.1, 0.15) is 47.0 Å². The lowest BCUT2D eigenvalue weighted by atomic mass is 9.97. The molecule has 0 saturated carbocycles. The van der Waals surface area contributed by atoms with Gasteiger partial charge in [0.25, 0.3) is 0 Å². The minimum absolute atomic E-state index is 0.0730. The number of aliphatic hydroxyl groups excluding tert-OH is 1. The van der Waals surface area contributed by atoms with Crippen LogP contribution in [0.3, 0.4) is 0 Å². The maximum Gasteiger partial charge on any atom is 0.306 e. The SMILES string of the molecule is CC#CC#CC=C1O[C@]2(CC[C@H](OC(C)=O)CO2)[C@@H](O)[C@@H]1OC(=O)CC(C)C. The van der Waals surface area contributed by atoms with Crippen molar-refractivity contribution in [2.24, 2.45) is 5.92 Å². The quantitative estimate of drug-likeness (QED) is 0.577. The van der Waals surface area contributed by atoms with E-state index in [1.807, 2.05) is 13.8 Å². The Kier molecular flexibility index (Phi) is 7.51. The van der Waals surface area contributed by atoms with E-state index < -0.39 is 36.0 Å². The van der Waals surface area contributed by atoms with Gasteiger partial charge in [-0.25, -0.2) is 0 Å². The molecule has 0 aromatic heterocycles. The molecule has 0 unspecified atom stereocenters. The molecule has 0 aliphatic carbocycles. The lowest BCUT2D eigenvalue weighted by Crippen LogP contribution is -2.51. The largest absolute Gasteiger partial charge is 0.460 e. The number of hydrogen-bond donors (Lipinski definition) is 1. The van der Waals surface area contributed by atoms with Crippen LogP contribution in [0.25, 0.3) is 0 Å². The molecule has 28 heavy (non-hydrogen) atoms. The van der Waals surface area contributed by atoms with E-state index in [1.54, 1.807) is 6.92 Å². The van der Waals surface area contributed by atoms with Crippen LogP contribution >= 0.6 is 0 Å². The van der Waals surface area contributed by atoms with Crippen molar-refractivity contribution in [3.8, 4) is 23.7 Å². The minimum Gasteiger partial charge on any atom is -0.460 e. The van der Waals surface area contributed by atoms with Gasteiger partial charge in [0, 0.05) is 25.8 Å². The van der Waals surface area contributed by atoms with Gasteiger partial charge in [-0.3, -0.25) is 9.59 Å². The second-order valence-electron chi connectivity index (χ2n) is 7.14. The van der Waals surface area contributed by atoms with E-state index in [2.05, 4.69) is 23.7 Å². The Bertz CT molecular complexity index is 736. The summed E-state index contributed by atoms with van der Waals surface area (Å²) in [7, 11) is 0. The second kappa shape index (κ2) is 9.64. The number of rotatable bonds is 4. The van der Waals surface area contributed by atoms with Gasteiger partial charge in [-0.2, -0.15) is 0 Å². The number of allylic oxidation sites excluding steroid dienone is 1. The number of carbonyl (C=O) groups is 2. The van der Waals surface area contributed by atoms with Crippen molar-refractivity contribution in [1.82, 2.24) is 0 Å². The van der Waals surface area contributed by atoms with Gasteiger partial charge in [-0.1, -0.05) is 25.7 Å². The van der Waals surface area contributed by atoms with Crippen LogP contribution in [0.4, 0.5) is 0 Å². The highest BCUT2D eigenvalue weighted by Gasteiger charge is 2.57. The molecule has 1 spiro atoms. The van der Waals surface area contributed by atoms with E-state index in [-0.39, 0.29) is 31.1 Å². The summed E-state index contributed by atoms with van der Waals surface area (Å²) < 4.78 is 22.2. The van der Waals surface area contributed by atoms with E-state index in [1.165, 1.54) is 13.0 Å². The fourth-order valence-corrected chi connectivity index (χ4v) is 3.06. The number of esters is 2. The topological polar surface area (TPSA) is 91.3 Å². The van der Waals surface area contributed by atoms with Crippen LogP contribution in [-0.2, 0) is 28.5 Å². The second-order valence-corrected chi connectivity index (χ2v) is 7.14. The Morgan fingerprint density at radius 2 is 2.11 bits per heavy atom. The summed E-state index contributed by atoms with van der Waals surface area (Å²) in [6.45, 7) is 6.86. The van der Waals surface area contributed by atoms with Gasteiger partial charge in [-0.15, -0.1) is 0 Å². The first-order valence-corrected chi connectivity index (χ1v) is 9.27. The normalized spacial score (nSPS) is 30.1. The summed E-state index contributed by atoms with van der Waals surface area (Å²) in [5, 5.41) is 10.8. The van der Waals surface area contributed by atoms with Gasteiger partial charge in [0.15, 0.2) is 18.0 Å². The molecular formula is C21H26O7. The van der Waals surface area contributed by atoms with E-state index >= 15 is 0 Å². The van der Waals surface area contributed by atoms with Crippen molar-refractivity contribution >= 4 is 11.9 Å². The van der Waals surface area contributed by atoms with Gasteiger partial charge >= 0.3 is 11.9 Å². The van der Waals surface area contributed by atoms with Crippen molar-refractivity contribution in [2.75, 3.05) is 6.61 Å². The highest BCUT2D eigenvalue weighted by molar-refractivity contribution is 5.70. The fraction of sp³-hybridized carbons (Fsp3) is 0.619. The first-order chi connectivity index (χ1) is 13.3. The van der Waals surface area contributed by atoms with Crippen LogP contribution in [0.15, 0.2) is 11.8 Å². The summed E-state index contributed by atoms with van der Waals surface area (Å²) in [6, 6.07) is 0. The minimum atomic E-state index is -1.37. The number of carbonyl (C=O) groups excluding carboxylic acids is 2. The van der Waals surface area contributed by atoms with Gasteiger partial charge < -0.3 is 24.1 Å². The molecule has 1 N–H and O–H groups in total. The zero-order chi connectivity index (χ0) is 20.7. The molecule has 2 aliphatic rings. The van der Waals surface area contributed by atoms with Gasteiger partial charge in [0.05, 0.1) is 6.61 Å². The van der Waals surface area contributed by atoms with Crippen molar-refractivity contribution in [3.05, 3.63) is 11.8 Å². The summed E-state index contributed by atoms with van der Waals surface area (Å²) in [4.78, 5) is 23.3. The number of aliphatic hydroxyl groups is 1. The van der Waals surface area contributed by atoms with Crippen LogP contribution < -0.4 is 0 Å². The molecule has 7 heteroatoms. The molecular weight excluding hydrogens is 364 g/mol. The highest BCUT2D eigenvalue weighted by Crippen LogP contribution is 2.42. The zero-order valence-electron chi connectivity index (χ0n) is 16.6. The third-order valence-electron chi connectivity index (χ3n) is 4.28. The molecule has 0 aromatic carbocycles. The Hall–Kier alpha value is -2.48. The first kappa shape index (κ1) is 21.8. The van der Waals surface area contributed by atoms with E-state index in [9.17, 15) is 14.7 Å². The molecule has 4 atom stereocenters. The van der Waals surface area contributed by atoms with E-state index in [0.29, 0.717) is 6.42 Å². The predicted octanol–water partition coefficient (Wildman–Crippen LogP) is 1.68. The number of hydrogen-bond acceptors (Lipinski definition) is 7. The zero-order valence-corrected chi connectivity index (χ0v) is 16.6. The Labute approximate surface area is 165 Å². The summed E-state index contributed by atoms with van der Waals surface area (Å²) >= 11 is 0. The van der Waals surface area contributed by atoms with Crippen LogP contribution in [0.2, 0.25) is 0 Å². The maximum absolute atomic E-state index is 12.1. The predicted molar refractivity (Wildman–Crippen MR) is 99.2 cm³/mol. The molecule has 0 aromatic rings. The molecule has 2 aliphatic heterocycles. The van der Waals surface area contributed by atoms with Gasteiger partial charge in [-0.05, 0) is 31.1 Å². The molecule has 0 radical (unpaired) electrons. The van der Waals surface area contributed by atoms with Crippen molar-refractivity contribution in [3.63, 3.8) is 0 Å². The molecule has 2 heterocycles. The van der Waals surface area contributed by atoms with Crippen LogP contribution in [0.5, 0.6) is 0 Å². The Morgan fingerprint density at radius 1 is 1.36 bits per heavy atom. The summed E-state index contributed by atoms with van der Waals surface area (Å²) in [5.41, 5.74) is 0. The van der Waals surface area contributed by atoms with Crippen LogP contribution in [-0.4, -0.2) is 47.8 Å². The maximum atomic E-state index is 12.1. The lowest BCUT2D eigenvalue weighted by Gasteiger charge is -2.37. The highest BCUT2D eigenvalue weighted by atomic mass is 16.7. The Balaban J connectivity index is 2.19. The van der Waals surface area contributed by atoms with Crippen molar-refractivity contribution in [2.45, 2.75) is 71.1 Å². The molecule has 0 bridgehead atoms. The summed E-state index contributed by atoms with van der Waals surface area (Å²) in [5.74, 6) is 8.69. The van der Waals surface area contributed by atoms with E-state index in [4.69, 9.17) is 18.9 Å². The molecule has 2 saturated heterocycles. The standard InChI is InChI=1S/C21H26O7/c1-5-6-7-8-9-17-19(27-18(23)12-14(2)3)20(24)21(28-17)11-10-16(13-25-21)26-15(4)22/h9,14,16,19-20,24H,10-13H2,1-4H3/t16-,19+,20-,21+/m0/s1. The molecule has 2 rings (SSSR count). The first-order valence-electron chi connectivity index (χ1n) is 9.27. The lowest BCUT2D eigenvalue weighted by molar-refractivity contribution is -0.275.